The van der Waals surface area contributed by atoms with Gasteiger partial charge in [0, 0.05) is 0 Å². The highest BCUT2D eigenvalue weighted by Gasteiger charge is 1.98. The van der Waals surface area contributed by atoms with E-state index in [1.54, 1.807) is 0 Å². The molecule has 0 aliphatic heterocycles. The molecule has 0 bridgehead atoms. The maximum atomic E-state index is 4.89. The Morgan fingerprint density at radius 3 is 3.20 bits per heavy atom. The van der Waals surface area contributed by atoms with Gasteiger partial charge in [-0.1, -0.05) is 17.3 Å². The summed E-state index contributed by atoms with van der Waals surface area (Å²) in [4.78, 5) is 0. The Morgan fingerprint density at radius 2 is 2.40 bits per heavy atom. The molecule has 2 nitrogen and oxygen atoms in total. The molecule has 1 heterocycles. The van der Waals surface area contributed by atoms with Crippen LogP contribution in [0.3, 0.4) is 0 Å². The first kappa shape index (κ1) is 5.47. The minimum atomic E-state index is 0.806. The van der Waals surface area contributed by atoms with Gasteiger partial charge in [0.25, 0.3) is 0 Å². The number of hydrogen-bond acceptors (Lipinski definition) is 2. The van der Waals surface area contributed by atoms with Gasteiger partial charge in [-0.3, -0.25) is 0 Å². The summed E-state index contributed by atoms with van der Waals surface area (Å²) in [5.41, 5.74) is 1.96. The Labute approximate surface area is 58.4 Å². The van der Waals surface area contributed by atoms with E-state index in [-0.39, 0.29) is 0 Å². The van der Waals surface area contributed by atoms with E-state index < -0.39 is 0 Å². The molecule has 0 saturated heterocycles. The van der Waals surface area contributed by atoms with Crippen molar-refractivity contribution in [2.45, 2.75) is 6.92 Å². The lowest BCUT2D eigenvalue weighted by atomic mass is 10.2. The van der Waals surface area contributed by atoms with Gasteiger partial charge in [0.2, 0.25) is 0 Å². The molecule has 10 heavy (non-hydrogen) atoms. The highest BCUT2D eigenvalue weighted by molar-refractivity contribution is 5.78. The summed E-state index contributed by atoms with van der Waals surface area (Å²) in [5.74, 6) is 0. The van der Waals surface area contributed by atoms with E-state index in [9.17, 15) is 0 Å². The Morgan fingerprint density at radius 1 is 1.50 bits per heavy atom. The van der Waals surface area contributed by atoms with Crippen molar-refractivity contribution in [3.63, 3.8) is 0 Å². The standard InChI is InChI=1S/C8H6NO/c1-6-3-2-4-8-7(6)5-9-10-8/h2-4H,1H3. The summed E-state index contributed by atoms with van der Waals surface area (Å²) in [6.07, 6.45) is 2.77. The molecular formula is C8H6NO. The van der Waals surface area contributed by atoms with Gasteiger partial charge in [0.1, 0.15) is 6.20 Å². The van der Waals surface area contributed by atoms with Crippen LogP contribution < -0.4 is 0 Å². The topological polar surface area (TPSA) is 26.0 Å². The van der Waals surface area contributed by atoms with Crippen LogP contribution in [0, 0.1) is 13.1 Å². The van der Waals surface area contributed by atoms with Gasteiger partial charge in [0.15, 0.2) is 5.58 Å². The number of aryl methyl sites for hydroxylation is 1. The quantitative estimate of drug-likeness (QED) is 0.547. The Hall–Kier alpha value is -1.31. The fraction of sp³-hybridized carbons (Fsp3) is 0.125. The molecule has 0 unspecified atom stereocenters. The molecule has 1 aromatic heterocycles. The minimum absolute atomic E-state index is 0.806. The number of nitrogens with zero attached hydrogens (tertiary/aromatic N) is 1. The van der Waals surface area contributed by atoms with Gasteiger partial charge in [0.05, 0.1) is 5.39 Å². The summed E-state index contributed by atoms with van der Waals surface area (Å²) < 4.78 is 4.89. The predicted molar refractivity (Wildman–Crippen MR) is 37.6 cm³/mol. The number of aromatic nitrogens is 1. The molecule has 1 radical (unpaired) electrons. The van der Waals surface area contributed by atoms with Crippen molar-refractivity contribution in [1.29, 1.82) is 0 Å². The third-order valence-electron chi connectivity index (χ3n) is 1.54. The third kappa shape index (κ3) is 0.620. The summed E-state index contributed by atoms with van der Waals surface area (Å²) in [5, 5.41) is 4.54. The predicted octanol–water partition coefficient (Wildman–Crippen LogP) is 1.94. The number of fused-ring (bicyclic) bond motifs is 1. The summed E-state index contributed by atoms with van der Waals surface area (Å²) in [7, 11) is 0. The first-order valence-electron chi connectivity index (χ1n) is 3.10. The van der Waals surface area contributed by atoms with E-state index in [2.05, 4.69) is 11.4 Å². The van der Waals surface area contributed by atoms with Crippen LogP contribution in [0.25, 0.3) is 11.0 Å². The van der Waals surface area contributed by atoms with Gasteiger partial charge >= 0.3 is 0 Å². The van der Waals surface area contributed by atoms with E-state index in [4.69, 9.17) is 4.52 Å². The normalized spacial score (nSPS) is 10.5. The van der Waals surface area contributed by atoms with Crippen molar-refractivity contribution >= 4 is 11.0 Å². The monoisotopic (exact) mass is 132 g/mol. The lowest BCUT2D eigenvalue weighted by molar-refractivity contribution is 0.454. The minimum Gasteiger partial charge on any atom is -0.356 e. The van der Waals surface area contributed by atoms with Crippen LogP contribution in [0.15, 0.2) is 22.7 Å². The van der Waals surface area contributed by atoms with Crippen LogP contribution in [0.1, 0.15) is 5.56 Å². The van der Waals surface area contributed by atoms with Crippen molar-refractivity contribution in [2.24, 2.45) is 0 Å². The van der Waals surface area contributed by atoms with Gasteiger partial charge in [-0.15, -0.1) is 0 Å². The van der Waals surface area contributed by atoms with Crippen LogP contribution >= 0.6 is 0 Å². The fourth-order valence-corrected chi connectivity index (χ4v) is 0.978. The second-order valence-electron chi connectivity index (χ2n) is 2.24. The van der Waals surface area contributed by atoms with E-state index >= 15 is 0 Å². The van der Waals surface area contributed by atoms with Crippen LogP contribution in [0.4, 0.5) is 0 Å². The van der Waals surface area contributed by atoms with Crippen molar-refractivity contribution in [2.75, 3.05) is 0 Å². The Kier molecular flexibility index (Phi) is 1.01. The average molecular weight is 132 g/mol. The molecule has 2 rings (SSSR count). The summed E-state index contributed by atoms with van der Waals surface area (Å²) in [6.45, 7) is 2.01. The molecule has 0 aliphatic rings. The molecule has 0 aliphatic carbocycles. The van der Waals surface area contributed by atoms with E-state index in [0.29, 0.717) is 0 Å². The molecule has 1 aromatic carbocycles. The van der Waals surface area contributed by atoms with Crippen LogP contribution in [-0.4, -0.2) is 5.16 Å². The molecule has 49 valence electrons. The lowest BCUT2D eigenvalue weighted by Crippen LogP contribution is -1.69. The van der Waals surface area contributed by atoms with Crippen LogP contribution in [0.5, 0.6) is 0 Å². The van der Waals surface area contributed by atoms with E-state index in [0.717, 1.165) is 16.5 Å². The molecule has 0 saturated carbocycles. The number of benzene rings is 1. The van der Waals surface area contributed by atoms with Gasteiger partial charge in [-0.05, 0) is 18.6 Å². The van der Waals surface area contributed by atoms with Crippen molar-refractivity contribution in [3.8, 4) is 0 Å². The highest BCUT2D eigenvalue weighted by Crippen LogP contribution is 2.15. The molecule has 2 heteroatoms. The van der Waals surface area contributed by atoms with Crippen LogP contribution in [0.2, 0.25) is 0 Å². The maximum absolute atomic E-state index is 4.89. The van der Waals surface area contributed by atoms with E-state index in [1.807, 2.05) is 25.1 Å². The Balaban J connectivity index is 2.95. The molecule has 2 aromatic rings. The first-order valence-corrected chi connectivity index (χ1v) is 3.10. The second kappa shape index (κ2) is 1.84. The summed E-state index contributed by atoms with van der Waals surface area (Å²) >= 11 is 0. The fourth-order valence-electron chi connectivity index (χ4n) is 0.978. The smallest absolute Gasteiger partial charge is 0.167 e. The second-order valence-corrected chi connectivity index (χ2v) is 2.24. The van der Waals surface area contributed by atoms with Crippen LogP contribution in [-0.2, 0) is 0 Å². The Bertz CT molecular complexity index is 351. The summed E-state index contributed by atoms with van der Waals surface area (Å²) in [6, 6.07) is 5.83. The van der Waals surface area contributed by atoms with Gasteiger partial charge < -0.3 is 4.52 Å². The largest absolute Gasteiger partial charge is 0.356 e. The average Bonchev–Trinajstić information content (AvgIpc) is 2.36. The molecule has 0 fully saturated rings. The lowest BCUT2D eigenvalue weighted by Gasteiger charge is -1.88. The molecule has 0 atom stereocenters. The number of rotatable bonds is 0. The number of hydrogen-bond donors (Lipinski definition) is 0. The van der Waals surface area contributed by atoms with Gasteiger partial charge in [-0.25, -0.2) is 0 Å². The van der Waals surface area contributed by atoms with Crippen molar-refractivity contribution < 1.29 is 4.52 Å². The molecule has 0 amide bonds. The molecule has 0 spiro atoms. The zero-order valence-corrected chi connectivity index (χ0v) is 5.59. The van der Waals surface area contributed by atoms with Crippen molar-refractivity contribution in [1.82, 2.24) is 5.16 Å². The third-order valence-corrected chi connectivity index (χ3v) is 1.54. The zero-order chi connectivity index (χ0) is 6.97. The van der Waals surface area contributed by atoms with Crippen molar-refractivity contribution in [3.05, 3.63) is 30.0 Å². The van der Waals surface area contributed by atoms with Gasteiger partial charge in [-0.2, -0.15) is 0 Å². The zero-order valence-electron chi connectivity index (χ0n) is 5.59. The maximum Gasteiger partial charge on any atom is 0.167 e. The van der Waals surface area contributed by atoms with E-state index in [1.165, 1.54) is 0 Å². The molecule has 0 N–H and O–H groups in total. The first-order chi connectivity index (χ1) is 4.88. The highest BCUT2D eigenvalue weighted by atomic mass is 16.5. The molecular weight excluding hydrogens is 126 g/mol. The SMILES string of the molecule is Cc1cccc2on[c]c12.